The van der Waals surface area contributed by atoms with E-state index >= 15 is 0 Å². The van der Waals surface area contributed by atoms with Crippen LogP contribution in [-0.4, -0.2) is 66.9 Å². The Morgan fingerprint density at radius 1 is 1.00 bits per heavy atom. The Morgan fingerprint density at radius 2 is 1.76 bits per heavy atom. The summed E-state index contributed by atoms with van der Waals surface area (Å²) in [4.78, 5) is 4.91. The van der Waals surface area contributed by atoms with Crippen LogP contribution in [0.1, 0.15) is 91.9 Å². The Balaban J connectivity index is 1.16. The van der Waals surface area contributed by atoms with Crippen molar-refractivity contribution >= 4 is 0 Å². The van der Waals surface area contributed by atoms with Crippen LogP contribution in [-0.2, 0) is 6.42 Å². The van der Waals surface area contributed by atoms with Crippen molar-refractivity contribution in [3.05, 3.63) is 64.7 Å². The second-order valence-electron chi connectivity index (χ2n) is 14.3. The van der Waals surface area contributed by atoms with Crippen LogP contribution < -0.4 is 4.74 Å². The number of hydrogen-bond acceptors (Lipinski definition) is 5. The third-order valence-corrected chi connectivity index (χ3v) is 12.1. The number of aliphatic hydroxyl groups is 1. The molecule has 5 heteroatoms. The number of ether oxygens (including phenoxy) is 1. The highest BCUT2D eigenvalue weighted by Crippen LogP contribution is 2.68. The molecule has 5 nitrogen and oxygen atoms in total. The topological polar surface area (TPSA) is 59.7 Å². The van der Waals surface area contributed by atoms with E-state index in [9.17, 15) is 10.4 Å². The Kier molecular flexibility index (Phi) is 7.17. The average molecular weight is 554 g/mol. The van der Waals surface area contributed by atoms with Gasteiger partial charge in [-0.25, -0.2) is 0 Å². The first-order chi connectivity index (χ1) is 19.9. The van der Waals surface area contributed by atoms with Crippen molar-refractivity contribution in [3.8, 4) is 11.8 Å². The maximum Gasteiger partial charge on any atom is 0.119 e. The highest BCUT2D eigenvalue weighted by Gasteiger charge is 2.63. The molecule has 1 N–H and O–H groups in total. The van der Waals surface area contributed by atoms with Crippen LogP contribution in [0.3, 0.4) is 0 Å². The second-order valence-corrected chi connectivity index (χ2v) is 14.3. The van der Waals surface area contributed by atoms with Gasteiger partial charge in [0.1, 0.15) is 12.4 Å². The SMILES string of the molecule is CN1CCN(CCOc2ccc3c(c2)CCC2C3C(c3ccc(C4CC4)cc3)CC3(C)C2CCC3(O)CC#N)CC1. The molecule has 41 heavy (non-hydrogen) atoms. The van der Waals surface area contributed by atoms with E-state index in [4.69, 9.17) is 4.74 Å². The fourth-order valence-corrected chi connectivity index (χ4v) is 9.41. The van der Waals surface area contributed by atoms with Crippen molar-refractivity contribution in [1.82, 2.24) is 9.80 Å². The van der Waals surface area contributed by atoms with Gasteiger partial charge in [-0.1, -0.05) is 37.3 Å². The summed E-state index contributed by atoms with van der Waals surface area (Å²) < 4.78 is 6.31. The Morgan fingerprint density at radius 3 is 2.49 bits per heavy atom. The molecule has 0 aromatic heterocycles. The van der Waals surface area contributed by atoms with Gasteiger partial charge in [-0.3, -0.25) is 4.90 Å². The molecule has 4 aliphatic carbocycles. The highest BCUT2D eigenvalue weighted by atomic mass is 16.5. The summed E-state index contributed by atoms with van der Waals surface area (Å²) in [7, 11) is 2.20. The molecule has 6 atom stereocenters. The first-order valence-corrected chi connectivity index (χ1v) is 16.2. The fraction of sp³-hybridized carbons (Fsp3) is 0.639. The molecule has 0 amide bonds. The third kappa shape index (κ3) is 4.90. The number of likely N-dealkylation sites (N-methyl/N-ethyl adjacent to an activating group) is 1. The molecular weight excluding hydrogens is 506 g/mol. The van der Waals surface area contributed by atoms with E-state index in [0.717, 1.165) is 83.1 Å². The smallest absolute Gasteiger partial charge is 0.119 e. The van der Waals surface area contributed by atoms with E-state index in [1.54, 1.807) is 0 Å². The maximum absolute atomic E-state index is 11.9. The minimum atomic E-state index is -0.884. The van der Waals surface area contributed by atoms with E-state index in [0.29, 0.717) is 23.7 Å². The molecule has 0 bridgehead atoms. The van der Waals surface area contributed by atoms with Crippen LogP contribution in [0.4, 0.5) is 0 Å². The van der Waals surface area contributed by atoms with Crippen molar-refractivity contribution in [2.24, 2.45) is 17.3 Å². The largest absolute Gasteiger partial charge is 0.492 e. The number of piperazine rings is 1. The molecule has 0 radical (unpaired) electrons. The van der Waals surface area contributed by atoms with Crippen molar-refractivity contribution in [3.63, 3.8) is 0 Å². The van der Waals surface area contributed by atoms with Gasteiger partial charge in [-0.05, 0) is 116 Å². The minimum absolute atomic E-state index is 0.229. The number of hydrogen-bond donors (Lipinski definition) is 1. The van der Waals surface area contributed by atoms with Gasteiger partial charge in [0, 0.05) is 38.1 Å². The standard InChI is InChI=1S/C36H47N3O2/c1-35-24-32(27-7-5-26(6-8-27)25-3-4-25)34-30-12-10-29(41-22-21-39-19-17-38(2)18-20-39)23-28(30)9-11-31(34)33(35)13-14-36(35,40)15-16-37/h5-8,10,12,23,25,31-34,40H,3-4,9,11,13-15,17-22,24H2,1-2H3. The molecule has 5 aliphatic rings. The quantitative estimate of drug-likeness (QED) is 0.450. The molecule has 2 aromatic carbocycles. The lowest BCUT2D eigenvalue weighted by atomic mass is 9.49. The molecule has 4 fully saturated rings. The zero-order valence-electron chi connectivity index (χ0n) is 25.0. The summed E-state index contributed by atoms with van der Waals surface area (Å²) in [5.74, 6) is 3.55. The number of nitriles is 1. The normalized spacial score (nSPS) is 35.3. The molecule has 0 spiro atoms. The summed E-state index contributed by atoms with van der Waals surface area (Å²) in [5, 5.41) is 21.6. The van der Waals surface area contributed by atoms with Crippen LogP contribution in [0, 0.1) is 28.6 Å². The van der Waals surface area contributed by atoms with Gasteiger partial charge >= 0.3 is 0 Å². The first-order valence-electron chi connectivity index (χ1n) is 16.2. The lowest BCUT2D eigenvalue weighted by Gasteiger charge is -2.56. The summed E-state index contributed by atoms with van der Waals surface area (Å²) in [6, 6.07) is 18.8. The summed E-state index contributed by atoms with van der Waals surface area (Å²) in [6.45, 7) is 8.57. The van der Waals surface area contributed by atoms with Crippen molar-refractivity contribution < 1.29 is 9.84 Å². The minimum Gasteiger partial charge on any atom is -0.492 e. The summed E-state index contributed by atoms with van der Waals surface area (Å²) in [6.07, 6.45) is 7.85. The van der Waals surface area contributed by atoms with Crippen molar-refractivity contribution in [2.45, 2.75) is 81.6 Å². The Bertz CT molecular complexity index is 1290. The first kappa shape index (κ1) is 27.4. The second kappa shape index (κ2) is 10.7. The van der Waals surface area contributed by atoms with E-state index in [1.165, 1.54) is 35.1 Å². The van der Waals surface area contributed by atoms with Crippen LogP contribution in [0.15, 0.2) is 42.5 Å². The lowest BCUT2D eigenvalue weighted by molar-refractivity contribution is -0.105. The van der Waals surface area contributed by atoms with Crippen LogP contribution >= 0.6 is 0 Å². The summed E-state index contributed by atoms with van der Waals surface area (Å²) in [5.41, 5.74) is 4.74. The monoisotopic (exact) mass is 553 g/mol. The van der Waals surface area contributed by atoms with Gasteiger partial charge in [0.2, 0.25) is 0 Å². The number of benzene rings is 2. The molecule has 7 rings (SSSR count). The number of aryl methyl sites for hydroxylation is 1. The third-order valence-electron chi connectivity index (χ3n) is 12.1. The van der Waals surface area contributed by atoms with Gasteiger partial charge in [0.15, 0.2) is 0 Å². The molecule has 6 unspecified atom stereocenters. The van der Waals surface area contributed by atoms with Crippen molar-refractivity contribution in [2.75, 3.05) is 46.4 Å². The average Bonchev–Trinajstić information content (AvgIpc) is 3.79. The van der Waals surface area contributed by atoms with Crippen LogP contribution in [0.25, 0.3) is 0 Å². The van der Waals surface area contributed by atoms with Gasteiger partial charge in [0.05, 0.1) is 18.1 Å². The molecular formula is C36H47N3O2. The van der Waals surface area contributed by atoms with Crippen LogP contribution in [0.2, 0.25) is 0 Å². The molecule has 2 aromatic rings. The Hall–Kier alpha value is -2.39. The molecule has 3 saturated carbocycles. The molecule has 218 valence electrons. The van der Waals surface area contributed by atoms with Gasteiger partial charge < -0.3 is 14.7 Å². The highest BCUT2D eigenvalue weighted by molar-refractivity contribution is 5.44. The van der Waals surface area contributed by atoms with E-state index in [2.05, 4.69) is 72.3 Å². The van der Waals surface area contributed by atoms with Gasteiger partial charge in [0.25, 0.3) is 0 Å². The summed E-state index contributed by atoms with van der Waals surface area (Å²) >= 11 is 0. The van der Waals surface area contributed by atoms with E-state index in [1.807, 2.05) is 0 Å². The van der Waals surface area contributed by atoms with Gasteiger partial charge in [-0.15, -0.1) is 0 Å². The predicted octanol–water partition coefficient (Wildman–Crippen LogP) is 6.08. The lowest BCUT2D eigenvalue weighted by Crippen LogP contribution is -2.52. The predicted molar refractivity (Wildman–Crippen MR) is 162 cm³/mol. The zero-order chi connectivity index (χ0) is 28.2. The number of nitrogens with zero attached hydrogens (tertiary/aromatic N) is 3. The molecule has 1 aliphatic heterocycles. The zero-order valence-corrected chi connectivity index (χ0v) is 25.0. The van der Waals surface area contributed by atoms with Crippen molar-refractivity contribution in [1.29, 1.82) is 5.26 Å². The molecule has 1 saturated heterocycles. The number of rotatable bonds is 7. The van der Waals surface area contributed by atoms with E-state index < -0.39 is 5.60 Å². The van der Waals surface area contributed by atoms with Crippen LogP contribution in [0.5, 0.6) is 5.75 Å². The maximum atomic E-state index is 11.9. The van der Waals surface area contributed by atoms with Gasteiger partial charge in [-0.2, -0.15) is 5.26 Å². The Labute approximate surface area is 246 Å². The number of fused-ring (bicyclic) bond motifs is 5. The molecule has 1 heterocycles. The fourth-order valence-electron chi connectivity index (χ4n) is 9.41. The van der Waals surface area contributed by atoms with E-state index in [-0.39, 0.29) is 11.8 Å².